The van der Waals surface area contributed by atoms with Gasteiger partial charge in [-0.15, -0.1) is 0 Å². The van der Waals surface area contributed by atoms with Gasteiger partial charge >= 0.3 is 0 Å². The Morgan fingerprint density at radius 3 is 2.50 bits per heavy atom. The lowest BCUT2D eigenvalue weighted by Crippen LogP contribution is -2.49. The van der Waals surface area contributed by atoms with Crippen LogP contribution in [0.3, 0.4) is 0 Å². The van der Waals surface area contributed by atoms with E-state index in [2.05, 4.69) is 6.07 Å². The first-order valence-electron chi connectivity index (χ1n) is 7.86. The van der Waals surface area contributed by atoms with E-state index >= 15 is 0 Å². The number of benzene rings is 1. The van der Waals surface area contributed by atoms with Gasteiger partial charge in [-0.3, -0.25) is 0 Å². The van der Waals surface area contributed by atoms with Crippen LogP contribution in [0.1, 0.15) is 30.7 Å². The van der Waals surface area contributed by atoms with E-state index in [1.54, 1.807) is 18.2 Å². The third-order valence-electron chi connectivity index (χ3n) is 5.17. The van der Waals surface area contributed by atoms with Crippen LogP contribution in [0.25, 0.3) is 0 Å². The molecule has 1 aromatic rings. The highest BCUT2D eigenvalue weighted by molar-refractivity contribution is 6.00. The molecule has 0 aromatic heterocycles. The third-order valence-corrected chi connectivity index (χ3v) is 5.17. The lowest BCUT2D eigenvalue weighted by Gasteiger charge is -2.45. The molecule has 0 unspecified atom stereocenters. The van der Waals surface area contributed by atoms with Crippen molar-refractivity contribution in [3.05, 3.63) is 47.3 Å². The van der Waals surface area contributed by atoms with E-state index in [0.717, 1.165) is 18.4 Å². The van der Waals surface area contributed by atoms with E-state index in [-0.39, 0.29) is 17.2 Å². The molecule has 0 spiro atoms. The molecular formula is C19H15FN4. The fourth-order valence-corrected chi connectivity index (χ4v) is 4.08. The number of rotatable bonds is 1. The number of nitriles is 3. The largest absolute Gasteiger partial charge is 0.305 e. The number of fused-ring (bicyclic) bond motifs is 1. The minimum Gasteiger partial charge on any atom is -0.305 e. The maximum absolute atomic E-state index is 14.5. The number of halogens is 1. The quantitative estimate of drug-likeness (QED) is 0.797. The first-order chi connectivity index (χ1) is 11.6. The molecule has 0 saturated heterocycles. The van der Waals surface area contributed by atoms with Crippen molar-refractivity contribution < 1.29 is 4.39 Å². The molecule has 24 heavy (non-hydrogen) atoms. The molecule has 1 N–H and O–H groups in total. The Bertz CT molecular complexity index is 835. The van der Waals surface area contributed by atoms with Crippen LogP contribution in [0.5, 0.6) is 0 Å². The van der Waals surface area contributed by atoms with Gasteiger partial charge in [0.15, 0.2) is 5.41 Å². The second-order valence-electron chi connectivity index (χ2n) is 6.25. The molecule has 0 bridgehead atoms. The van der Waals surface area contributed by atoms with Crippen molar-refractivity contribution in [3.63, 3.8) is 0 Å². The SMILES string of the molecule is N#C[C@H]1C(=N)C(C#N)(C#N)[C@H](c2ccccc2F)[C@@H]2CCCC=C12. The maximum Gasteiger partial charge on any atom is 0.189 e. The predicted molar refractivity (Wildman–Crippen MR) is 85.1 cm³/mol. The number of allylic oxidation sites excluding steroid dienone is 2. The van der Waals surface area contributed by atoms with Gasteiger partial charge in [0.1, 0.15) is 11.7 Å². The molecule has 2 aliphatic rings. The number of nitrogens with zero attached hydrogens (tertiary/aromatic N) is 3. The molecule has 1 aromatic carbocycles. The second kappa shape index (κ2) is 5.91. The van der Waals surface area contributed by atoms with Gasteiger partial charge in [-0.2, -0.15) is 15.8 Å². The molecule has 1 fully saturated rings. The molecule has 0 amide bonds. The van der Waals surface area contributed by atoms with E-state index in [4.69, 9.17) is 5.41 Å². The Morgan fingerprint density at radius 1 is 1.17 bits per heavy atom. The summed E-state index contributed by atoms with van der Waals surface area (Å²) in [6.45, 7) is 0. The Hall–Kier alpha value is -2.97. The van der Waals surface area contributed by atoms with Crippen LogP contribution in [-0.2, 0) is 0 Å². The van der Waals surface area contributed by atoms with Crippen molar-refractivity contribution in [1.82, 2.24) is 0 Å². The van der Waals surface area contributed by atoms with Gasteiger partial charge in [-0.1, -0.05) is 24.3 Å². The minimum absolute atomic E-state index is 0.229. The predicted octanol–water partition coefficient (Wildman–Crippen LogP) is 3.84. The van der Waals surface area contributed by atoms with Crippen LogP contribution in [0.4, 0.5) is 4.39 Å². The lowest BCUT2D eigenvalue weighted by molar-refractivity contribution is 0.313. The average molecular weight is 318 g/mol. The van der Waals surface area contributed by atoms with Crippen LogP contribution in [0, 0.1) is 62.5 Å². The topological polar surface area (TPSA) is 95.2 Å². The van der Waals surface area contributed by atoms with E-state index < -0.39 is 23.1 Å². The molecule has 0 heterocycles. The first-order valence-corrected chi connectivity index (χ1v) is 7.86. The fraction of sp³-hybridized carbons (Fsp3) is 0.368. The van der Waals surface area contributed by atoms with Gasteiger partial charge in [-0.05, 0) is 42.4 Å². The van der Waals surface area contributed by atoms with Crippen LogP contribution in [-0.4, -0.2) is 5.71 Å². The lowest BCUT2D eigenvalue weighted by atomic mass is 9.53. The summed E-state index contributed by atoms with van der Waals surface area (Å²) in [6.07, 6.45) is 4.27. The van der Waals surface area contributed by atoms with Gasteiger partial charge < -0.3 is 5.41 Å². The summed E-state index contributed by atoms with van der Waals surface area (Å²) in [7, 11) is 0. The van der Waals surface area contributed by atoms with Crippen molar-refractivity contribution >= 4 is 5.71 Å². The van der Waals surface area contributed by atoms with E-state index in [0.29, 0.717) is 6.42 Å². The zero-order chi connectivity index (χ0) is 17.3. The molecule has 0 radical (unpaired) electrons. The zero-order valence-corrected chi connectivity index (χ0v) is 13.0. The summed E-state index contributed by atoms with van der Waals surface area (Å²) < 4.78 is 14.5. The van der Waals surface area contributed by atoms with E-state index in [1.807, 2.05) is 18.2 Å². The monoisotopic (exact) mass is 318 g/mol. The Labute approximate surface area is 140 Å². The Kier molecular flexibility index (Phi) is 3.92. The highest BCUT2D eigenvalue weighted by atomic mass is 19.1. The molecule has 3 rings (SSSR count). The summed E-state index contributed by atoms with van der Waals surface area (Å²) in [5.41, 5.74) is -1.00. The minimum atomic E-state index is -1.82. The van der Waals surface area contributed by atoms with Crippen molar-refractivity contribution in [2.75, 3.05) is 0 Å². The van der Waals surface area contributed by atoms with Crippen molar-refractivity contribution in [1.29, 1.82) is 21.2 Å². The van der Waals surface area contributed by atoms with Crippen molar-refractivity contribution in [3.8, 4) is 18.2 Å². The number of nitrogens with one attached hydrogen (secondary N) is 1. The van der Waals surface area contributed by atoms with Crippen LogP contribution in [0.15, 0.2) is 35.9 Å². The summed E-state index contributed by atoms with van der Waals surface area (Å²) in [5.74, 6) is -2.39. The van der Waals surface area contributed by atoms with Crippen LogP contribution < -0.4 is 0 Å². The molecule has 0 aliphatic heterocycles. The smallest absolute Gasteiger partial charge is 0.189 e. The second-order valence-corrected chi connectivity index (χ2v) is 6.25. The first kappa shape index (κ1) is 15.9. The number of hydrogen-bond donors (Lipinski definition) is 1. The molecule has 118 valence electrons. The van der Waals surface area contributed by atoms with E-state index in [9.17, 15) is 20.2 Å². The molecule has 1 saturated carbocycles. The fourth-order valence-electron chi connectivity index (χ4n) is 4.08. The van der Waals surface area contributed by atoms with Gasteiger partial charge in [-0.25, -0.2) is 4.39 Å². The molecule has 4 nitrogen and oxygen atoms in total. The van der Waals surface area contributed by atoms with Gasteiger partial charge in [0, 0.05) is 5.92 Å². The maximum atomic E-state index is 14.5. The van der Waals surface area contributed by atoms with E-state index in [1.165, 1.54) is 6.07 Å². The summed E-state index contributed by atoms with van der Waals surface area (Å²) >= 11 is 0. The third kappa shape index (κ3) is 2.04. The van der Waals surface area contributed by atoms with Crippen molar-refractivity contribution in [2.24, 2.45) is 17.3 Å². The van der Waals surface area contributed by atoms with Gasteiger partial charge in [0.2, 0.25) is 0 Å². The number of hydrogen-bond acceptors (Lipinski definition) is 4. The molecule has 5 heteroatoms. The van der Waals surface area contributed by atoms with Crippen LogP contribution >= 0.6 is 0 Å². The normalized spacial score (nSPS) is 27.8. The van der Waals surface area contributed by atoms with Crippen LogP contribution in [0.2, 0.25) is 0 Å². The summed E-state index contributed by atoms with van der Waals surface area (Å²) in [6, 6.07) is 12.1. The standard InChI is InChI=1S/C19H15FN4/c20-16-8-4-3-7-14(16)17-13-6-2-1-5-12(13)15(9-21)18(24)19(17,10-22)11-23/h3-5,7-8,13,15,17,24H,1-2,6H2/t13-,15-,17+/m1/s1. The molecule has 2 aliphatic carbocycles. The Morgan fingerprint density at radius 2 is 1.88 bits per heavy atom. The highest BCUT2D eigenvalue weighted by Crippen LogP contribution is 2.55. The molecular weight excluding hydrogens is 303 g/mol. The zero-order valence-electron chi connectivity index (χ0n) is 13.0. The summed E-state index contributed by atoms with van der Waals surface area (Å²) in [5, 5.41) is 37.5. The van der Waals surface area contributed by atoms with Gasteiger partial charge in [0.05, 0.1) is 23.9 Å². The van der Waals surface area contributed by atoms with Crippen molar-refractivity contribution in [2.45, 2.75) is 25.2 Å². The molecule has 3 atom stereocenters. The Balaban J connectivity index is 2.29. The average Bonchev–Trinajstić information content (AvgIpc) is 2.62. The summed E-state index contributed by atoms with van der Waals surface area (Å²) in [4.78, 5) is 0. The van der Waals surface area contributed by atoms with Gasteiger partial charge in [0.25, 0.3) is 0 Å². The highest BCUT2D eigenvalue weighted by Gasteiger charge is 2.57.